The topological polar surface area (TPSA) is 46.5 Å². The Morgan fingerprint density at radius 3 is 2.58 bits per heavy atom. The SMILES string of the molecule is CC=C(CCC(C)O)C(=O)OC. The van der Waals surface area contributed by atoms with Gasteiger partial charge in [0.1, 0.15) is 0 Å². The largest absolute Gasteiger partial charge is 0.466 e. The molecule has 0 aromatic heterocycles. The first-order chi connectivity index (χ1) is 5.61. The van der Waals surface area contributed by atoms with Gasteiger partial charge in [-0.2, -0.15) is 0 Å². The highest BCUT2D eigenvalue weighted by molar-refractivity contribution is 5.88. The second-order valence-electron chi connectivity index (χ2n) is 2.69. The summed E-state index contributed by atoms with van der Waals surface area (Å²) in [7, 11) is 1.36. The molecule has 0 saturated carbocycles. The van der Waals surface area contributed by atoms with Gasteiger partial charge in [-0.3, -0.25) is 0 Å². The van der Waals surface area contributed by atoms with Gasteiger partial charge in [-0.15, -0.1) is 0 Å². The van der Waals surface area contributed by atoms with E-state index in [0.717, 1.165) is 0 Å². The van der Waals surface area contributed by atoms with Crippen molar-refractivity contribution >= 4 is 5.97 Å². The Balaban J connectivity index is 3.94. The maximum atomic E-state index is 11.0. The van der Waals surface area contributed by atoms with Crippen LogP contribution in [0.4, 0.5) is 0 Å². The van der Waals surface area contributed by atoms with Crippen LogP contribution in [0.5, 0.6) is 0 Å². The maximum absolute atomic E-state index is 11.0. The van der Waals surface area contributed by atoms with Crippen LogP contribution in [0, 0.1) is 0 Å². The number of hydrogen-bond acceptors (Lipinski definition) is 3. The summed E-state index contributed by atoms with van der Waals surface area (Å²) in [4.78, 5) is 11.0. The number of esters is 1. The Labute approximate surface area is 73.0 Å². The van der Waals surface area contributed by atoms with Gasteiger partial charge in [0.15, 0.2) is 0 Å². The number of aliphatic hydroxyl groups is 1. The van der Waals surface area contributed by atoms with E-state index >= 15 is 0 Å². The van der Waals surface area contributed by atoms with Crippen molar-refractivity contribution in [3.05, 3.63) is 11.6 Å². The molecule has 0 aliphatic carbocycles. The summed E-state index contributed by atoms with van der Waals surface area (Å²) in [5, 5.41) is 8.97. The number of methoxy groups -OCH3 is 1. The summed E-state index contributed by atoms with van der Waals surface area (Å²) >= 11 is 0. The van der Waals surface area contributed by atoms with E-state index in [2.05, 4.69) is 4.74 Å². The van der Waals surface area contributed by atoms with Crippen molar-refractivity contribution < 1.29 is 14.6 Å². The fourth-order valence-electron chi connectivity index (χ4n) is 0.860. The smallest absolute Gasteiger partial charge is 0.333 e. The summed E-state index contributed by atoms with van der Waals surface area (Å²) in [6.45, 7) is 3.48. The lowest BCUT2D eigenvalue weighted by Gasteiger charge is -2.05. The minimum atomic E-state index is -0.371. The summed E-state index contributed by atoms with van der Waals surface area (Å²) in [5.74, 6) is -0.307. The monoisotopic (exact) mass is 172 g/mol. The van der Waals surface area contributed by atoms with Crippen molar-refractivity contribution in [1.29, 1.82) is 0 Å². The summed E-state index contributed by atoms with van der Waals surface area (Å²) in [5.41, 5.74) is 0.624. The molecular formula is C9H16O3. The zero-order chi connectivity index (χ0) is 9.56. The minimum Gasteiger partial charge on any atom is -0.466 e. The number of allylic oxidation sites excluding steroid dienone is 1. The molecule has 0 aliphatic rings. The van der Waals surface area contributed by atoms with E-state index in [1.807, 2.05) is 0 Å². The third-order valence-corrected chi connectivity index (χ3v) is 1.63. The molecule has 1 atom stereocenters. The zero-order valence-electron chi connectivity index (χ0n) is 7.83. The molecule has 0 rings (SSSR count). The Kier molecular flexibility index (Phi) is 5.37. The lowest BCUT2D eigenvalue weighted by Crippen LogP contribution is -2.07. The first-order valence-corrected chi connectivity index (χ1v) is 4.03. The van der Waals surface area contributed by atoms with Gasteiger partial charge in [0, 0.05) is 5.57 Å². The van der Waals surface area contributed by atoms with E-state index in [1.54, 1.807) is 19.9 Å². The molecule has 1 N–H and O–H groups in total. The van der Waals surface area contributed by atoms with Crippen molar-refractivity contribution in [1.82, 2.24) is 0 Å². The van der Waals surface area contributed by atoms with E-state index in [-0.39, 0.29) is 12.1 Å². The number of carbonyl (C=O) groups excluding carboxylic acids is 1. The molecule has 0 aromatic carbocycles. The van der Waals surface area contributed by atoms with E-state index in [4.69, 9.17) is 5.11 Å². The van der Waals surface area contributed by atoms with Crippen molar-refractivity contribution in [2.75, 3.05) is 7.11 Å². The predicted molar refractivity (Wildman–Crippen MR) is 46.7 cm³/mol. The summed E-state index contributed by atoms with van der Waals surface area (Å²) < 4.78 is 4.55. The molecule has 0 fully saturated rings. The fraction of sp³-hybridized carbons (Fsp3) is 0.667. The van der Waals surface area contributed by atoms with Gasteiger partial charge in [-0.25, -0.2) is 4.79 Å². The van der Waals surface area contributed by atoms with Crippen LogP contribution in [0.2, 0.25) is 0 Å². The van der Waals surface area contributed by atoms with Crippen LogP contribution in [0.15, 0.2) is 11.6 Å². The molecule has 12 heavy (non-hydrogen) atoms. The highest BCUT2D eigenvalue weighted by Gasteiger charge is 2.08. The molecular weight excluding hydrogens is 156 g/mol. The van der Waals surface area contributed by atoms with Crippen LogP contribution in [-0.4, -0.2) is 24.3 Å². The maximum Gasteiger partial charge on any atom is 0.333 e. The third kappa shape index (κ3) is 4.13. The summed E-state index contributed by atoms with van der Waals surface area (Å²) in [6.07, 6.45) is 2.51. The predicted octanol–water partition coefficient (Wildman–Crippen LogP) is 1.27. The highest BCUT2D eigenvalue weighted by Crippen LogP contribution is 2.08. The fourth-order valence-corrected chi connectivity index (χ4v) is 0.860. The molecule has 0 aromatic rings. The van der Waals surface area contributed by atoms with Crippen molar-refractivity contribution in [3.8, 4) is 0 Å². The van der Waals surface area contributed by atoms with E-state index in [0.29, 0.717) is 18.4 Å². The molecule has 0 spiro atoms. The Bertz CT molecular complexity index is 171. The van der Waals surface area contributed by atoms with Crippen LogP contribution in [0.3, 0.4) is 0 Å². The van der Waals surface area contributed by atoms with E-state index in [1.165, 1.54) is 7.11 Å². The first-order valence-electron chi connectivity index (χ1n) is 4.03. The van der Waals surface area contributed by atoms with Crippen molar-refractivity contribution in [2.24, 2.45) is 0 Å². The molecule has 0 aliphatic heterocycles. The van der Waals surface area contributed by atoms with Gasteiger partial charge < -0.3 is 9.84 Å². The number of aliphatic hydroxyl groups excluding tert-OH is 1. The second kappa shape index (κ2) is 5.77. The molecule has 3 nitrogen and oxygen atoms in total. The number of ether oxygens (including phenoxy) is 1. The molecule has 1 unspecified atom stereocenters. The van der Waals surface area contributed by atoms with Gasteiger partial charge in [-0.05, 0) is 26.7 Å². The van der Waals surface area contributed by atoms with Gasteiger partial charge in [0.25, 0.3) is 0 Å². The van der Waals surface area contributed by atoms with Crippen LogP contribution in [-0.2, 0) is 9.53 Å². The third-order valence-electron chi connectivity index (χ3n) is 1.63. The molecule has 0 radical (unpaired) electrons. The number of rotatable bonds is 4. The van der Waals surface area contributed by atoms with Gasteiger partial charge in [-0.1, -0.05) is 6.08 Å². The number of carbonyl (C=O) groups is 1. The lowest BCUT2D eigenvalue weighted by molar-refractivity contribution is -0.136. The summed E-state index contributed by atoms with van der Waals surface area (Å²) in [6, 6.07) is 0. The van der Waals surface area contributed by atoms with Crippen LogP contribution >= 0.6 is 0 Å². The normalized spacial score (nSPS) is 14.2. The first kappa shape index (κ1) is 11.2. The van der Waals surface area contributed by atoms with Gasteiger partial charge in [0.2, 0.25) is 0 Å². The van der Waals surface area contributed by atoms with Crippen LogP contribution in [0.25, 0.3) is 0 Å². The molecule has 3 heteroatoms. The average molecular weight is 172 g/mol. The minimum absolute atomic E-state index is 0.307. The molecule has 0 amide bonds. The quantitative estimate of drug-likeness (QED) is 0.513. The standard InChI is InChI=1S/C9H16O3/c1-4-8(9(11)12-3)6-5-7(2)10/h4,7,10H,5-6H2,1-3H3. The number of hydrogen-bond donors (Lipinski definition) is 1. The van der Waals surface area contributed by atoms with E-state index < -0.39 is 0 Å². The Hall–Kier alpha value is -0.830. The van der Waals surface area contributed by atoms with Gasteiger partial charge in [0.05, 0.1) is 13.2 Å². The molecule has 0 heterocycles. The molecule has 70 valence electrons. The van der Waals surface area contributed by atoms with E-state index in [9.17, 15) is 4.79 Å². The Morgan fingerprint density at radius 1 is 1.67 bits per heavy atom. The molecule has 0 bridgehead atoms. The van der Waals surface area contributed by atoms with Crippen LogP contribution in [0.1, 0.15) is 26.7 Å². The molecule has 0 saturated heterocycles. The second-order valence-corrected chi connectivity index (χ2v) is 2.69. The Morgan fingerprint density at radius 2 is 2.25 bits per heavy atom. The van der Waals surface area contributed by atoms with Gasteiger partial charge >= 0.3 is 5.97 Å². The zero-order valence-corrected chi connectivity index (χ0v) is 7.83. The highest BCUT2D eigenvalue weighted by atomic mass is 16.5. The average Bonchev–Trinajstić information content (AvgIpc) is 2.04. The lowest BCUT2D eigenvalue weighted by atomic mass is 10.1. The van der Waals surface area contributed by atoms with Crippen molar-refractivity contribution in [3.63, 3.8) is 0 Å². The van der Waals surface area contributed by atoms with Crippen molar-refractivity contribution in [2.45, 2.75) is 32.8 Å². The van der Waals surface area contributed by atoms with Crippen LogP contribution < -0.4 is 0 Å².